The minimum Gasteiger partial charge on any atom is -0.362 e. The number of hydrogen-bond acceptors (Lipinski definition) is 5. The molecule has 0 atom stereocenters. The van der Waals surface area contributed by atoms with Crippen molar-refractivity contribution in [1.29, 1.82) is 0 Å². The van der Waals surface area contributed by atoms with Crippen LogP contribution in [-0.4, -0.2) is 15.9 Å². The van der Waals surface area contributed by atoms with Crippen LogP contribution in [0.25, 0.3) is 0 Å². The predicted octanol–water partition coefficient (Wildman–Crippen LogP) is 1.18. The molecule has 0 bridgehead atoms. The third-order valence-corrected chi connectivity index (χ3v) is 1.49. The van der Waals surface area contributed by atoms with Crippen LogP contribution in [0.3, 0.4) is 0 Å². The fraction of sp³-hybridized carbons (Fsp3) is 0. The lowest BCUT2D eigenvalue weighted by Crippen LogP contribution is -2.09. The van der Waals surface area contributed by atoms with Gasteiger partial charge in [-0.3, -0.25) is 10.1 Å². The summed E-state index contributed by atoms with van der Waals surface area (Å²) < 4.78 is 0. The maximum atomic E-state index is 10.4. The fourth-order valence-electron chi connectivity index (χ4n) is 0.881. The zero-order chi connectivity index (χ0) is 12.8. The molecule has 0 aliphatic rings. The van der Waals surface area contributed by atoms with Crippen LogP contribution >= 0.6 is 0 Å². The summed E-state index contributed by atoms with van der Waals surface area (Å²) in [5.74, 6) is -0.651. The van der Waals surface area contributed by atoms with Gasteiger partial charge in [-0.05, 0) is 6.07 Å². The molecule has 0 spiro atoms. The van der Waals surface area contributed by atoms with E-state index in [-0.39, 0.29) is 11.4 Å². The third kappa shape index (κ3) is 3.99. The molecular weight excluding hydrogens is 232 g/mol. The Morgan fingerprint density at radius 1 is 1.29 bits per heavy atom. The molecule has 17 heavy (non-hydrogen) atoms. The molecule has 1 aromatic rings. The zero-order valence-corrected chi connectivity index (χ0v) is 8.26. The number of azo groups is 1. The minimum absolute atomic E-state index is 0.140. The van der Waals surface area contributed by atoms with Gasteiger partial charge in [0.2, 0.25) is 0 Å². The van der Waals surface area contributed by atoms with E-state index < -0.39 is 15.9 Å². The average Bonchev–Trinajstić information content (AvgIpc) is 2.26. The molecule has 0 heterocycles. The van der Waals surface area contributed by atoms with E-state index in [2.05, 4.69) is 15.3 Å². The van der Waals surface area contributed by atoms with Crippen LogP contribution in [-0.2, 0) is 0 Å². The van der Waals surface area contributed by atoms with E-state index in [1.165, 1.54) is 18.2 Å². The summed E-state index contributed by atoms with van der Waals surface area (Å²) in [7, 11) is 0. The van der Waals surface area contributed by atoms with Gasteiger partial charge < -0.3 is 5.73 Å². The van der Waals surface area contributed by atoms with Gasteiger partial charge in [-0.25, -0.2) is 10.1 Å². The summed E-state index contributed by atoms with van der Waals surface area (Å²) in [6, 6.07) is 5.24. The quantitative estimate of drug-likeness (QED) is 0.275. The summed E-state index contributed by atoms with van der Waals surface area (Å²) >= 11 is 0. The summed E-state index contributed by atoms with van der Waals surface area (Å²) in [6.07, 6.45) is 0. The van der Waals surface area contributed by atoms with E-state index in [0.717, 1.165) is 6.07 Å². The van der Waals surface area contributed by atoms with E-state index >= 15 is 0 Å². The smallest absolute Gasteiger partial charge is 0.310 e. The maximum Gasteiger partial charge on any atom is 0.310 e. The van der Waals surface area contributed by atoms with Gasteiger partial charge in [0, 0.05) is 12.1 Å². The second kappa shape index (κ2) is 5.25. The molecule has 0 aliphatic heterocycles. The first kappa shape index (κ1) is 12.2. The van der Waals surface area contributed by atoms with Crippen molar-refractivity contribution in [3.05, 3.63) is 44.5 Å². The van der Waals surface area contributed by atoms with E-state index in [9.17, 15) is 20.2 Å². The Labute approximate surface area is 93.8 Å². The van der Waals surface area contributed by atoms with Crippen molar-refractivity contribution in [3.8, 4) is 0 Å². The van der Waals surface area contributed by atoms with Gasteiger partial charge in [0.05, 0.1) is 10.6 Å². The molecule has 10 nitrogen and oxygen atoms in total. The van der Waals surface area contributed by atoms with Gasteiger partial charge in [-0.2, -0.15) is 0 Å². The summed E-state index contributed by atoms with van der Waals surface area (Å²) in [5.41, 5.74) is 5.00. The first-order valence-electron chi connectivity index (χ1n) is 4.13. The number of nitro benzene ring substituents is 1. The molecule has 0 amide bonds. The second-order valence-electron chi connectivity index (χ2n) is 2.67. The molecule has 0 saturated heterocycles. The largest absolute Gasteiger partial charge is 0.362 e. The Hall–Kier alpha value is -2.91. The summed E-state index contributed by atoms with van der Waals surface area (Å²) in [6.45, 7) is 0. The molecule has 88 valence electrons. The first-order chi connectivity index (χ1) is 7.99. The van der Waals surface area contributed by atoms with E-state index in [1.54, 1.807) is 0 Å². The van der Waals surface area contributed by atoms with Gasteiger partial charge in [0.15, 0.2) is 5.03 Å². The molecule has 0 radical (unpaired) electrons. The van der Waals surface area contributed by atoms with Crippen LogP contribution < -0.4 is 5.73 Å². The highest BCUT2D eigenvalue weighted by atomic mass is 16.7. The normalized spacial score (nSPS) is 11.6. The highest BCUT2D eigenvalue weighted by molar-refractivity contribution is 5.77. The van der Waals surface area contributed by atoms with Crippen molar-refractivity contribution in [2.45, 2.75) is 0 Å². The molecule has 0 aliphatic carbocycles. The highest BCUT2D eigenvalue weighted by Crippen LogP contribution is 2.19. The van der Waals surface area contributed by atoms with Crippen molar-refractivity contribution >= 4 is 17.3 Å². The topological polar surface area (TPSA) is 149 Å². The number of benzene rings is 1. The molecular formula is C7H6N6O4. The van der Waals surface area contributed by atoms with E-state index in [0.29, 0.717) is 0 Å². The van der Waals surface area contributed by atoms with Gasteiger partial charge in [-0.1, -0.05) is 6.07 Å². The van der Waals surface area contributed by atoms with Gasteiger partial charge in [0.25, 0.3) is 5.69 Å². The number of nitro groups is 2. The molecule has 0 aromatic heterocycles. The molecule has 2 N–H and O–H groups in total. The Bertz CT molecular complexity index is 511. The van der Waals surface area contributed by atoms with Crippen molar-refractivity contribution in [3.63, 3.8) is 0 Å². The van der Waals surface area contributed by atoms with Crippen molar-refractivity contribution < 1.29 is 9.96 Å². The summed E-state index contributed by atoms with van der Waals surface area (Å²) in [4.78, 5) is 19.7. The number of nitrogens with two attached hydrogens (primary N) is 1. The van der Waals surface area contributed by atoms with Crippen molar-refractivity contribution in [2.24, 2.45) is 21.1 Å². The number of rotatable bonds is 3. The van der Waals surface area contributed by atoms with E-state index in [4.69, 9.17) is 5.73 Å². The van der Waals surface area contributed by atoms with Crippen LogP contribution in [0.5, 0.6) is 0 Å². The minimum atomic E-state index is -1.03. The molecule has 1 rings (SSSR count). The van der Waals surface area contributed by atoms with Crippen LogP contribution in [0.4, 0.5) is 11.4 Å². The predicted molar refractivity (Wildman–Crippen MR) is 56.2 cm³/mol. The lowest BCUT2D eigenvalue weighted by Gasteiger charge is -1.92. The fourth-order valence-corrected chi connectivity index (χ4v) is 0.881. The monoisotopic (exact) mass is 238 g/mol. The molecule has 0 saturated carbocycles. The lowest BCUT2D eigenvalue weighted by molar-refractivity contribution is -0.485. The molecule has 10 heteroatoms. The molecule has 1 aromatic carbocycles. The Morgan fingerprint density at radius 3 is 2.59 bits per heavy atom. The Morgan fingerprint density at radius 2 is 2.00 bits per heavy atom. The molecule has 0 unspecified atom stereocenters. The standard InChI is InChI=1S/C7H6N6O4/c8-7(11-13(16)17)10-9-5-2-1-3-6(4-5)12(14)15/h1-4H,(H2,8,11). The van der Waals surface area contributed by atoms with Crippen LogP contribution in [0.15, 0.2) is 39.6 Å². The summed E-state index contributed by atoms with van der Waals surface area (Å²) in [5, 5.41) is 28.7. The third-order valence-electron chi connectivity index (χ3n) is 1.49. The van der Waals surface area contributed by atoms with Crippen LogP contribution in [0.2, 0.25) is 0 Å². The maximum absolute atomic E-state index is 10.4. The van der Waals surface area contributed by atoms with Gasteiger partial charge in [-0.15, -0.1) is 10.2 Å². The zero-order valence-electron chi connectivity index (χ0n) is 8.26. The number of non-ortho nitro benzene ring substituents is 1. The number of hydrogen-bond donors (Lipinski definition) is 1. The Kier molecular flexibility index (Phi) is 3.76. The van der Waals surface area contributed by atoms with Gasteiger partial charge in [0.1, 0.15) is 5.10 Å². The molecule has 0 fully saturated rings. The van der Waals surface area contributed by atoms with E-state index in [1.807, 2.05) is 0 Å². The van der Waals surface area contributed by atoms with Crippen molar-refractivity contribution in [2.75, 3.05) is 0 Å². The SMILES string of the molecule is NC(N=Nc1cccc([N+](=O)[O-])c1)=N[N+](=O)[O-]. The van der Waals surface area contributed by atoms with Crippen LogP contribution in [0, 0.1) is 20.2 Å². The van der Waals surface area contributed by atoms with Crippen LogP contribution in [0.1, 0.15) is 0 Å². The highest BCUT2D eigenvalue weighted by Gasteiger charge is 2.05. The van der Waals surface area contributed by atoms with Gasteiger partial charge >= 0.3 is 5.96 Å². The first-order valence-corrected chi connectivity index (χ1v) is 4.13. The number of hydrazone groups is 1. The lowest BCUT2D eigenvalue weighted by atomic mass is 10.3. The average molecular weight is 238 g/mol. The Balaban J connectivity index is 2.88. The number of guanidine groups is 1. The van der Waals surface area contributed by atoms with Crippen molar-refractivity contribution in [1.82, 2.24) is 0 Å². The second-order valence-corrected chi connectivity index (χ2v) is 2.67. The number of nitrogens with zero attached hydrogens (tertiary/aromatic N) is 5.